The summed E-state index contributed by atoms with van der Waals surface area (Å²) >= 11 is 0. The summed E-state index contributed by atoms with van der Waals surface area (Å²) in [6, 6.07) is 6.68. The molecule has 2 aromatic rings. The van der Waals surface area contributed by atoms with Gasteiger partial charge in [0.05, 0.1) is 6.07 Å². The number of Topliss-reactive ketones (excluding diaryl/α,β-unsaturated/α-hetero) is 1. The van der Waals surface area contributed by atoms with Crippen LogP contribution in [0.25, 0.3) is 11.4 Å². The number of halogens is 3. The molecular weight excluding hydrogens is 329 g/mol. The van der Waals surface area contributed by atoms with E-state index in [9.17, 15) is 22.8 Å². The third kappa shape index (κ3) is 3.40. The number of alkyl halides is 3. The lowest BCUT2D eigenvalue weighted by Gasteiger charge is -2.06. The summed E-state index contributed by atoms with van der Waals surface area (Å²) in [5.41, 5.74) is 0.229. The summed E-state index contributed by atoms with van der Waals surface area (Å²) in [5.74, 6) is -4.78. The fourth-order valence-corrected chi connectivity index (χ4v) is 1.79. The molecule has 0 radical (unpaired) electrons. The number of nitrogens with one attached hydrogen (secondary N) is 1. The van der Waals surface area contributed by atoms with Crippen LogP contribution in [-0.4, -0.2) is 28.9 Å². The van der Waals surface area contributed by atoms with Crippen molar-refractivity contribution in [3.8, 4) is 17.5 Å². The molecule has 1 amide bonds. The van der Waals surface area contributed by atoms with Crippen LogP contribution in [0.2, 0.25) is 0 Å². The summed E-state index contributed by atoms with van der Waals surface area (Å²) in [6.07, 6.45) is -4.76. The number of benzene rings is 1. The molecule has 0 aliphatic heterocycles. The van der Waals surface area contributed by atoms with Gasteiger partial charge in [0.1, 0.15) is 0 Å². The molecule has 0 aliphatic carbocycles. The van der Waals surface area contributed by atoms with Gasteiger partial charge in [-0.15, -0.1) is 0 Å². The van der Waals surface area contributed by atoms with Crippen LogP contribution in [-0.2, 0) is 11.0 Å². The van der Waals surface area contributed by atoms with E-state index in [0.29, 0.717) is 0 Å². The van der Waals surface area contributed by atoms with Crippen molar-refractivity contribution in [2.45, 2.75) is 6.18 Å². The lowest BCUT2D eigenvalue weighted by Crippen LogP contribution is -2.32. The monoisotopic (exact) mass is 338 g/mol. The number of rotatable bonds is 4. The van der Waals surface area contributed by atoms with Gasteiger partial charge in [0.25, 0.3) is 0 Å². The van der Waals surface area contributed by atoms with E-state index >= 15 is 0 Å². The van der Waals surface area contributed by atoms with Gasteiger partial charge in [0.15, 0.2) is 11.7 Å². The Hall–Kier alpha value is -3.22. The van der Waals surface area contributed by atoms with Crippen molar-refractivity contribution in [3.05, 3.63) is 35.7 Å². The van der Waals surface area contributed by atoms with Gasteiger partial charge in [-0.1, -0.05) is 29.4 Å². The van der Waals surface area contributed by atoms with Gasteiger partial charge in [0.2, 0.25) is 11.7 Å². The zero-order chi connectivity index (χ0) is 17.9. The van der Waals surface area contributed by atoms with Crippen LogP contribution in [0, 0.1) is 17.2 Å². The van der Waals surface area contributed by atoms with E-state index in [2.05, 4.69) is 20.0 Å². The topological polar surface area (TPSA) is 109 Å². The predicted molar refractivity (Wildman–Crippen MR) is 72.2 cm³/mol. The number of hydrogen-bond acceptors (Lipinski definition) is 6. The third-order valence-electron chi connectivity index (χ3n) is 3.00. The van der Waals surface area contributed by atoms with E-state index in [1.165, 1.54) is 31.3 Å². The largest absolute Gasteiger partial charge is 0.471 e. The van der Waals surface area contributed by atoms with Gasteiger partial charge in [0, 0.05) is 18.2 Å². The molecule has 0 aliphatic rings. The van der Waals surface area contributed by atoms with Gasteiger partial charge >= 0.3 is 12.1 Å². The Kier molecular flexibility index (Phi) is 4.64. The number of nitrogens with zero attached hydrogens (tertiary/aromatic N) is 3. The molecule has 2 rings (SSSR count). The maximum Gasteiger partial charge on any atom is 0.471 e. The van der Waals surface area contributed by atoms with Crippen LogP contribution in [0.3, 0.4) is 0 Å². The highest BCUT2D eigenvalue weighted by Crippen LogP contribution is 2.29. The second-order valence-electron chi connectivity index (χ2n) is 4.54. The van der Waals surface area contributed by atoms with Gasteiger partial charge in [-0.25, -0.2) is 0 Å². The number of hydrogen-bond donors (Lipinski definition) is 1. The highest BCUT2D eigenvalue weighted by Gasteiger charge is 2.38. The zero-order valence-corrected chi connectivity index (χ0v) is 12.1. The molecule has 1 aromatic heterocycles. The highest BCUT2D eigenvalue weighted by atomic mass is 19.4. The van der Waals surface area contributed by atoms with Crippen LogP contribution >= 0.6 is 0 Å². The van der Waals surface area contributed by atoms with Crippen LogP contribution in [0.15, 0.2) is 28.8 Å². The highest BCUT2D eigenvalue weighted by molar-refractivity contribution is 6.12. The molecule has 24 heavy (non-hydrogen) atoms. The second-order valence-corrected chi connectivity index (χ2v) is 4.54. The minimum absolute atomic E-state index is 0.0495. The molecule has 1 unspecified atom stereocenters. The van der Waals surface area contributed by atoms with Crippen molar-refractivity contribution in [1.29, 1.82) is 5.26 Å². The molecule has 0 saturated carbocycles. The van der Waals surface area contributed by atoms with Gasteiger partial charge < -0.3 is 9.84 Å². The average Bonchev–Trinajstić information content (AvgIpc) is 3.05. The van der Waals surface area contributed by atoms with E-state index in [-0.39, 0.29) is 17.0 Å². The molecule has 10 heteroatoms. The maximum absolute atomic E-state index is 12.4. The summed E-state index contributed by atoms with van der Waals surface area (Å²) in [7, 11) is 1.29. The van der Waals surface area contributed by atoms with Gasteiger partial charge in [-0.3, -0.25) is 9.59 Å². The van der Waals surface area contributed by atoms with Crippen LogP contribution in [0.4, 0.5) is 13.2 Å². The van der Waals surface area contributed by atoms with Crippen LogP contribution < -0.4 is 5.32 Å². The van der Waals surface area contributed by atoms with Crippen molar-refractivity contribution in [1.82, 2.24) is 15.5 Å². The van der Waals surface area contributed by atoms with E-state index < -0.39 is 29.7 Å². The Morgan fingerprint density at radius 2 is 1.92 bits per heavy atom. The molecule has 1 atom stereocenters. The Morgan fingerprint density at radius 1 is 1.29 bits per heavy atom. The van der Waals surface area contributed by atoms with Crippen LogP contribution in [0.1, 0.15) is 16.2 Å². The van der Waals surface area contributed by atoms with E-state index in [1.807, 2.05) is 0 Å². The Bertz CT molecular complexity index is 806. The van der Waals surface area contributed by atoms with Crippen LogP contribution in [0.5, 0.6) is 0 Å². The molecule has 1 N–H and O–H groups in total. The third-order valence-corrected chi connectivity index (χ3v) is 3.00. The first kappa shape index (κ1) is 17.1. The van der Waals surface area contributed by atoms with E-state index in [1.54, 1.807) is 6.07 Å². The molecule has 7 nitrogen and oxygen atoms in total. The van der Waals surface area contributed by atoms with Crippen molar-refractivity contribution < 1.29 is 27.3 Å². The minimum atomic E-state index is -4.76. The summed E-state index contributed by atoms with van der Waals surface area (Å²) in [4.78, 5) is 26.7. The first-order valence-corrected chi connectivity index (χ1v) is 6.44. The molecule has 0 fully saturated rings. The Labute approximate surface area is 133 Å². The minimum Gasteiger partial charge on any atom is -0.358 e. The first-order valence-electron chi connectivity index (χ1n) is 6.44. The Balaban J connectivity index is 2.25. The average molecular weight is 338 g/mol. The number of ketones is 1. The van der Waals surface area contributed by atoms with Gasteiger partial charge in [-0.05, 0) is 0 Å². The lowest BCUT2D eigenvalue weighted by atomic mass is 9.97. The summed E-state index contributed by atoms with van der Waals surface area (Å²) in [5, 5.41) is 14.3. The number of aromatic nitrogens is 2. The van der Waals surface area contributed by atoms with Gasteiger partial charge in [-0.2, -0.15) is 23.4 Å². The Morgan fingerprint density at radius 3 is 2.38 bits per heavy atom. The molecule has 124 valence electrons. The molecule has 0 spiro atoms. The maximum atomic E-state index is 12.4. The molecular formula is C14H9F3N4O3. The van der Waals surface area contributed by atoms with Crippen molar-refractivity contribution in [2.24, 2.45) is 5.92 Å². The number of carbonyl (C=O) groups excluding carboxylic acids is 2. The summed E-state index contributed by atoms with van der Waals surface area (Å²) < 4.78 is 41.4. The quantitative estimate of drug-likeness (QED) is 0.673. The van der Waals surface area contributed by atoms with Crippen molar-refractivity contribution in [3.63, 3.8) is 0 Å². The number of amides is 1. The molecule has 1 heterocycles. The first-order chi connectivity index (χ1) is 11.3. The SMILES string of the molecule is CNC(=O)C(C#N)C(=O)c1ccc(-c2noc(C(F)(F)F)n2)cc1. The molecule has 1 aromatic carbocycles. The fraction of sp³-hybridized carbons (Fsp3) is 0.214. The summed E-state index contributed by atoms with van der Waals surface area (Å²) in [6.45, 7) is 0. The zero-order valence-electron chi connectivity index (χ0n) is 12.1. The van der Waals surface area contributed by atoms with E-state index in [0.717, 1.165) is 0 Å². The van der Waals surface area contributed by atoms with Crippen molar-refractivity contribution >= 4 is 11.7 Å². The fourth-order valence-electron chi connectivity index (χ4n) is 1.79. The standard InChI is InChI=1S/C14H9F3N4O3/c1-19-12(23)9(6-18)10(22)7-2-4-8(5-3-7)11-20-13(24-21-11)14(15,16)17/h2-5,9H,1H3,(H,19,23). The van der Waals surface area contributed by atoms with Crippen molar-refractivity contribution in [2.75, 3.05) is 7.05 Å². The normalized spacial score (nSPS) is 12.3. The smallest absolute Gasteiger partial charge is 0.358 e. The number of nitriles is 1. The second kappa shape index (κ2) is 6.49. The predicted octanol–water partition coefficient (Wildman–Crippen LogP) is 1.82. The molecule has 0 bridgehead atoms. The number of carbonyl (C=O) groups is 2. The lowest BCUT2D eigenvalue weighted by molar-refractivity contribution is -0.159. The van der Waals surface area contributed by atoms with E-state index in [4.69, 9.17) is 5.26 Å². The molecule has 0 saturated heterocycles.